The molecular weight excluding hydrogens is 482 g/mol. The molecule has 2 aromatic carbocycles. The molecule has 0 aliphatic heterocycles. The predicted octanol–water partition coefficient (Wildman–Crippen LogP) is 4.11. The number of phenolic OH excluding ortho intramolecular Hbond substituents is 1. The third-order valence-corrected chi connectivity index (χ3v) is 4.26. The summed E-state index contributed by atoms with van der Waals surface area (Å²) >= 11 is 11.1. The maximum absolute atomic E-state index is 11.8. The van der Waals surface area contributed by atoms with E-state index in [2.05, 4.69) is 26.5 Å². The van der Waals surface area contributed by atoms with Crippen LogP contribution in [0, 0.1) is 3.57 Å². The summed E-state index contributed by atoms with van der Waals surface area (Å²) in [7, 11) is 0. The molecule has 7 heteroatoms. The summed E-state index contributed by atoms with van der Waals surface area (Å²) in [4.78, 5) is 11.8. The molecule has 22 heavy (non-hydrogen) atoms. The molecular formula is C15H11BrClIN2O2. The summed E-state index contributed by atoms with van der Waals surface area (Å²) in [6.07, 6.45) is 1.61. The fourth-order valence-electron chi connectivity index (χ4n) is 1.69. The molecule has 0 fully saturated rings. The number of hydrazone groups is 1. The van der Waals surface area contributed by atoms with Gasteiger partial charge < -0.3 is 5.11 Å². The summed E-state index contributed by atoms with van der Waals surface area (Å²) in [5, 5.41) is 14.4. The van der Waals surface area contributed by atoms with Gasteiger partial charge in [0.05, 0.1) is 16.2 Å². The minimum atomic E-state index is -0.247. The number of halogens is 3. The van der Waals surface area contributed by atoms with Crippen LogP contribution in [0.15, 0.2) is 46.0 Å². The molecule has 0 unspecified atom stereocenters. The molecule has 0 aliphatic carbocycles. The van der Waals surface area contributed by atoms with Crippen molar-refractivity contribution in [2.45, 2.75) is 6.42 Å². The topological polar surface area (TPSA) is 61.7 Å². The van der Waals surface area contributed by atoms with Gasteiger partial charge in [0.15, 0.2) is 0 Å². The van der Waals surface area contributed by atoms with Gasteiger partial charge in [-0.3, -0.25) is 4.79 Å². The van der Waals surface area contributed by atoms with Gasteiger partial charge in [-0.25, -0.2) is 5.43 Å². The average Bonchev–Trinajstić information content (AvgIpc) is 2.46. The Bertz CT molecular complexity index is 720. The standard InChI is InChI=1S/C15H11BrClIN2O2/c16-11-6-10(15(22)13(18)7-11)8-19-20-14(21)5-9-1-3-12(17)4-2-9/h1-4,6-8,22H,5H2,(H,20,21)/b19-8-. The highest BCUT2D eigenvalue weighted by molar-refractivity contribution is 14.1. The predicted molar refractivity (Wildman–Crippen MR) is 99.4 cm³/mol. The Morgan fingerprint density at radius 1 is 1.36 bits per heavy atom. The molecule has 0 aromatic heterocycles. The van der Waals surface area contributed by atoms with Crippen LogP contribution in [0.3, 0.4) is 0 Å². The summed E-state index contributed by atoms with van der Waals surface area (Å²) in [5.74, 6) is -0.123. The quantitative estimate of drug-likeness (QED) is 0.383. The molecule has 0 atom stereocenters. The number of aromatic hydroxyl groups is 1. The maximum Gasteiger partial charge on any atom is 0.244 e. The van der Waals surface area contributed by atoms with Gasteiger partial charge >= 0.3 is 0 Å². The zero-order valence-electron chi connectivity index (χ0n) is 11.2. The summed E-state index contributed by atoms with van der Waals surface area (Å²) in [5.41, 5.74) is 3.79. The van der Waals surface area contributed by atoms with Gasteiger partial charge in [-0.2, -0.15) is 5.10 Å². The molecule has 4 nitrogen and oxygen atoms in total. The number of carbonyl (C=O) groups excluding carboxylic acids is 1. The number of benzene rings is 2. The average molecular weight is 494 g/mol. The van der Waals surface area contributed by atoms with Crippen LogP contribution in [0.5, 0.6) is 5.75 Å². The van der Waals surface area contributed by atoms with Gasteiger partial charge in [-0.05, 0) is 52.4 Å². The van der Waals surface area contributed by atoms with E-state index in [1.807, 2.05) is 22.6 Å². The second-order valence-corrected chi connectivity index (χ2v) is 6.94. The van der Waals surface area contributed by atoms with Crippen molar-refractivity contribution in [2.75, 3.05) is 0 Å². The van der Waals surface area contributed by atoms with E-state index in [1.54, 1.807) is 36.4 Å². The Morgan fingerprint density at radius 3 is 2.73 bits per heavy atom. The van der Waals surface area contributed by atoms with E-state index >= 15 is 0 Å². The van der Waals surface area contributed by atoms with Crippen LogP contribution >= 0.6 is 50.1 Å². The van der Waals surface area contributed by atoms with E-state index in [0.717, 1.165) is 10.0 Å². The third-order valence-electron chi connectivity index (χ3n) is 2.73. The SMILES string of the molecule is O=C(Cc1ccc(Cl)cc1)N/N=C\c1cc(Br)cc(I)c1O. The fraction of sp³-hybridized carbons (Fsp3) is 0.0667. The number of rotatable bonds is 4. The first kappa shape index (κ1) is 17.2. The Kier molecular flexibility index (Phi) is 6.22. The van der Waals surface area contributed by atoms with Gasteiger partial charge in [0.25, 0.3) is 0 Å². The van der Waals surface area contributed by atoms with E-state index in [-0.39, 0.29) is 18.1 Å². The van der Waals surface area contributed by atoms with Crippen molar-refractivity contribution in [1.82, 2.24) is 5.43 Å². The number of amides is 1. The van der Waals surface area contributed by atoms with Crippen LogP contribution in [-0.2, 0) is 11.2 Å². The Balaban J connectivity index is 1.97. The Morgan fingerprint density at radius 2 is 2.05 bits per heavy atom. The van der Waals surface area contributed by atoms with Gasteiger partial charge in [-0.15, -0.1) is 0 Å². The largest absolute Gasteiger partial charge is 0.506 e. The zero-order valence-corrected chi connectivity index (χ0v) is 15.7. The van der Waals surface area contributed by atoms with E-state index < -0.39 is 0 Å². The maximum atomic E-state index is 11.8. The first-order chi connectivity index (χ1) is 10.5. The molecule has 0 aliphatic rings. The van der Waals surface area contributed by atoms with E-state index in [9.17, 15) is 9.90 Å². The second kappa shape index (κ2) is 7.94. The Labute approximate surface area is 154 Å². The van der Waals surface area contributed by atoms with Gasteiger partial charge in [0.2, 0.25) is 5.91 Å². The number of carbonyl (C=O) groups is 1. The highest BCUT2D eigenvalue weighted by atomic mass is 127. The molecule has 114 valence electrons. The third kappa shape index (κ3) is 4.96. The number of nitrogens with zero attached hydrogens (tertiary/aromatic N) is 1. The number of phenols is 1. The van der Waals surface area contributed by atoms with Crippen molar-refractivity contribution in [2.24, 2.45) is 5.10 Å². The summed E-state index contributed by atoms with van der Waals surface area (Å²) < 4.78 is 1.52. The highest BCUT2D eigenvalue weighted by Gasteiger charge is 2.06. The lowest BCUT2D eigenvalue weighted by Crippen LogP contribution is -2.19. The van der Waals surface area contributed by atoms with Crippen molar-refractivity contribution in [3.05, 3.63) is 60.6 Å². The van der Waals surface area contributed by atoms with Crippen molar-refractivity contribution in [3.8, 4) is 5.75 Å². The molecule has 1 amide bonds. The van der Waals surface area contributed by atoms with Crippen LogP contribution in [0.1, 0.15) is 11.1 Å². The number of hydrogen-bond acceptors (Lipinski definition) is 3. The number of hydrogen-bond donors (Lipinski definition) is 2. The molecule has 0 saturated carbocycles. The smallest absolute Gasteiger partial charge is 0.244 e. The molecule has 0 spiro atoms. The fourth-order valence-corrected chi connectivity index (χ4v) is 3.36. The minimum absolute atomic E-state index is 0.125. The lowest BCUT2D eigenvalue weighted by molar-refractivity contribution is -0.120. The monoisotopic (exact) mass is 492 g/mol. The van der Waals surface area contributed by atoms with Crippen LogP contribution in [0.4, 0.5) is 0 Å². The van der Waals surface area contributed by atoms with Gasteiger partial charge in [0, 0.05) is 15.1 Å². The molecule has 0 radical (unpaired) electrons. The molecule has 0 bridgehead atoms. The zero-order chi connectivity index (χ0) is 16.1. The van der Waals surface area contributed by atoms with Gasteiger partial charge in [-0.1, -0.05) is 39.7 Å². The molecule has 0 heterocycles. The van der Waals surface area contributed by atoms with Gasteiger partial charge in [0.1, 0.15) is 5.75 Å². The lowest BCUT2D eigenvalue weighted by Gasteiger charge is -2.03. The molecule has 2 N–H and O–H groups in total. The van der Waals surface area contributed by atoms with Crippen LogP contribution < -0.4 is 5.43 Å². The first-order valence-electron chi connectivity index (χ1n) is 6.20. The molecule has 0 saturated heterocycles. The molecule has 2 aromatic rings. The highest BCUT2D eigenvalue weighted by Crippen LogP contribution is 2.27. The molecule has 2 rings (SSSR count). The van der Waals surface area contributed by atoms with E-state index in [1.165, 1.54) is 6.21 Å². The van der Waals surface area contributed by atoms with Crippen molar-refractivity contribution in [3.63, 3.8) is 0 Å². The summed E-state index contributed by atoms with van der Waals surface area (Å²) in [6.45, 7) is 0. The van der Waals surface area contributed by atoms with Crippen LogP contribution in [0.25, 0.3) is 0 Å². The second-order valence-electron chi connectivity index (χ2n) is 4.42. The van der Waals surface area contributed by atoms with Crippen molar-refractivity contribution in [1.29, 1.82) is 0 Å². The van der Waals surface area contributed by atoms with Crippen molar-refractivity contribution < 1.29 is 9.90 Å². The first-order valence-corrected chi connectivity index (χ1v) is 8.45. The Hall–Kier alpha value is -1.12. The normalized spacial score (nSPS) is 10.9. The van der Waals surface area contributed by atoms with Crippen molar-refractivity contribution >= 4 is 62.2 Å². The summed E-state index contributed by atoms with van der Waals surface area (Å²) in [6, 6.07) is 10.5. The number of nitrogens with one attached hydrogen (secondary N) is 1. The van der Waals surface area contributed by atoms with Crippen LogP contribution in [-0.4, -0.2) is 17.2 Å². The van der Waals surface area contributed by atoms with Crippen LogP contribution in [0.2, 0.25) is 5.02 Å². The van der Waals surface area contributed by atoms with E-state index in [0.29, 0.717) is 14.2 Å². The van der Waals surface area contributed by atoms with E-state index in [4.69, 9.17) is 11.6 Å². The lowest BCUT2D eigenvalue weighted by atomic mass is 10.1. The minimum Gasteiger partial charge on any atom is -0.506 e.